The maximum Gasteiger partial charge on any atom is 0.528 e. The minimum absolute atomic E-state index is 1.57. The number of hydrogen-bond acceptors (Lipinski definition) is 3. The Labute approximate surface area is 92.7 Å². The van der Waals surface area contributed by atoms with Gasteiger partial charge in [-0.3, -0.25) is 0 Å². The smallest absolute Gasteiger partial charge is 0.374 e. The minimum atomic E-state index is -2.56. The van der Waals surface area contributed by atoms with Gasteiger partial charge in [0.05, 0.1) is 0 Å². The Bertz CT molecular complexity index is 244. The van der Waals surface area contributed by atoms with Gasteiger partial charge in [-0.15, -0.1) is 0 Å². The van der Waals surface area contributed by atoms with Crippen molar-refractivity contribution in [3.05, 3.63) is 48.7 Å². The first-order valence-corrected chi connectivity index (χ1v) is 6.34. The van der Waals surface area contributed by atoms with E-state index < -0.39 is 8.80 Å². The van der Waals surface area contributed by atoms with E-state index in [1.807, 2.05) is 36.1 Å². The van der Waals surface area contributed by atoms with E-state index in [9.17, 15) is 0 Å². The molecule has 0 spiro atoms. The Kier molecular flexibility index (Phi) is 7.85. The molecular weight excluding hydrogens is 208 g/mol. The van der Waals surface area contributed by atoms with Crippen LogP contribution in [0.3, 0.4) is 0 Å². The second kappa shape index (κ2) is 8.37. The Morgan fingerprint density at radius 2 is 1.27 bits per heavy atom. The molecule has 0 rings (SSSR count). The fraction of sp³-hybridized carbons (Fsp3) is 0.273. The van der Waals surface area contributed by atoms with Crippen LogP contribution >= 0.6 is 0 Å². The number of hydrogen-bond donors (Lipinski definition) is 0. The van der Waals surface area contributed by atoms with Crippen molar-refractivity contribution in [1.29, 1.82) is 0 Å². The van der Waals surface area contributed by atoms with Crippen LogP contribution in [0.4, 0.5) is 0 Å². The van der Waals surface area contributed by atoms with Gasteiger partial charge in [-0.05, 0) is 5.70 Å². The highest BCUT2D eigenvalue weighted by atomic mass is 28.4. The molecule has 3 nitrogen and oxygen atoms in total. The van der Waals surface area contributed by atoms with Crippen LogP contribution in [0, 0.1) is 0 Å². The van der Waals surface area contributed by atoms with Crippen molar-refractivity contribution in [1.82, 2.24) is 0 Å². The molecule has 0 unspecified atom stereocenters. The largest absolute Gasteiger partial charge is 0.528 e. The molecule has 0 aromatic heterocycles. The zero-order valence-electron chi connectivity index (χ0n) is 9.47. The monoisotopic (exact) mass is 226 g/mol. The van der Waals surface area contributed by atoms with Crippen LogP contribution in [0.2, 0.25) is 0 Å². The summed E-state index contributed by atoms with van der Waals surface area (Å²) in [5.74, 6) is 0. The van der Waals surface area contributed by atoms with E-state index in [1.165, 1.54) is 0 Å². The predicted molar refractivity (Wildman–Crippen MR) is 64.4 cm³/mol. The molecule has 0 aliphatic rings. The molecular formula is C11H18O3Si. The first-order chi connectivity index (χ1) is 7.24. The predicted octanol–water partition coefficient (Wildman–Crippen LogP) is 2.26. The molecule has 0 aliphatic heterocycles. The van der Waals surface area contributed by atoms with Gasteiger partial charge in [-0.2, -0.15) is 0 Å². The molecule has 0 fully saturated rings. The lowest BCUT2D eigenvalue weighted by molar-refractivity contribution is 0.138. The van der Waals surface area contributed by atoms with Crippen LogP contribution in [0.1, 0.15) is 0 Å². The summed E-state index contributed by atoms with van der Waals surface area (Å²) in [6, 6.07) is 0. The molecule has 0 aliphatic carbocycles. The van der Waals surface area contributed by atoms with Crippen molar-refractivity contribution in [3.63, 3.8) is 0 Å². The SMILES string of the molecule is C=CC=CC=CC=C[Si](OC)(OC)OC. The highest BCUT2D eigenvalue weighted by molar-refractivity contribution is 6.66. The second-order valence-corrected chi connectivity index (χ2v) is 5.35. The lowest BCUT2D eigenvalue weighted by Gasteiger charge is -2.19. The van der Waals surface area contributed by atoms with Gasteiger partial charge in [0.15, 0.2) is 0 Å². The van der Waals surface area contributed by atoms with Crippen molar-refractivity contribution in [3.8, 4) is 0 Å². The van der Waals surface area contributed by atoms with E-state index in [0.717, 1.165) is 0 Å². The fourth-order valence-corrected chi connectivity index (χ4v) is 2.15. The van der Waals surface area contributed by atoms with Gasteiger partial charge in [0.25, 0.3) is 0 Å². The molecule has 0 amide bonds. The first-order valence-electron chi connectivity index (χ1n) is 4.53. The Balaban J connectivity index is 4.28. The molecule has 0 bridgehead atoms. The summed E-state index contributed by atoms with van der Waals surface area (Å²) in [5.41, 5.74) is 1.81. The van der Waals surface area contributed by atoms with Gasteiger partial charge in [-0.25, -0.2) is 0 Å². The van der Waals surface area contributed by atoms with Crippen molar-refractivity contribution >= 4 is 8.80 Å². The van der Waals surface area contributed by atoms with E-state index in [2.05, 4.69) is 6.58 Å². The molecule has 0 aromatic carbocycles. The summed E-state index contributed by atoms with van der Waals surface area (Å²) in [6.07, 6.45) is 11.0. The van der Waals surface area contributed by atoms with E-state index >= 15 is 0 Å². The van der Waals surface area contributed by atoms with Crippen LogP contribution in [0.25, 0.3) is 0 Å². The second-order valence-electron chi connectivity index (χ2n) is 2.58. The van der Waals surface area contributed by atoms with E-state index in [-0.39, 0.29) is 0 Å². The summed E-state index contributed by atoms with van der Waals surface area (Å²) in [6.45, 7) is 3.57. The third-order valence-corrected chi connectivity index (χ3v) is 4.04. The highest BCUT2D eigenvalue weighted by Gasteiger charge is 2.33. The Morgan fingerprint density at radius 1 is 0.800 bits per heavy atom. The minimum Gasteiger partial charge on any atom is -0.374 e. The summed E-state index contributed by atoms with van der Waals surface area (Å²) in [5, 5.41) is 0. The quantitative estimate of drug-likeness (QED) is 0.492. The van der Waals surface area contributed by atoms with Gasteiger partial charge in [0.1, 0.15) is 0 Å². The molecule has 0 heterocycles. The van der Waals surface area contributed by atoms with Crippen LogP contribution in [-0.4, -0.2) is 30.1 Å². The average molecular weight is 226 g/mol. The van der Waals surface area contributed by atoms with E-state index in [0.29, 0.717) is 0 Å². The van der Waals surface area contributed by atoms with Crippen molar-refractivity contribution in [2.75, 3.05) is 21.3 Å². The maximum atomic E-state index is 5.20. The van der Waals surface area contributed by atoms with Gasteiger partial charge >= 0.3 is 8.80 Å². The molecule has 0 saturated carbocycles. The molecule has 15 heavy (non-hydrogen) atoms. The Morgan fingerprint density at radius 3 is 1.73 bits per heavy atom. The van der Waals surface area contributed by atoms with Gasteiger partial charge < -0.3 is 13.3 Å². The third kappa shape index (κ3) is 5.49. The van der Waals surface area contributed by atoms with Crippen molar-refractivity contribution in [2.45, 2.75) is 0 Å². The van der Waals surface area contributed by atoms with Crippen LogP contribution in [0.5, 0.6) is 0 Å². The van der Waals surface area contributed by atoms with Crippen LogP contribution in [0.15, 0.2) is 48.7 Å². The van der Waals surface area contributed by atoms with Gasteiger partial charge in [0, 0.05) is 21.3 Å². The number of allylic oxidation sites excluding steroid dienone is 6. The van der Waals surface area contributed by atoms with Gasteiger partial charge in [0.2, 0.25) is 0 Å². The Hall–Kier alpha value is -0.943. The molecule has 4 heteroatoms. The van der Waals surface area contributed by atoms with E-state index in [4.69, 9.17) is 13.3 Å². The molecule has 84 valence electrons. The lowest BCUT2D eigenvalue weighted by atomic mass is 10.4. The van der Waals surface area contributed by atoms with E-state index in [1.54, 1.807) is 27.4 Å². The van der Waals surface area contributed by atoms with Crippen molar-refractivity contribution in [2.24, 2.45) is 0 Å². The number of rotatable bonds is 7. The summed E-state index contributed by atoms with van der Waals surface area (Å²) in [4.78, 5) is 0. The normalized spacial score (nSPS) is 13.3. The van der Waals surface area contributed by atoms with Crippen LogP contribution in [-0.2, 0) is 13.3 Å². The first kappa shape index (κ1) is 14.1. The standard InChI is InChI=1S/C11H18O3Si/c1-5-6-7-8-9-10-11-15(12-2,13-3)14-4/h5-11H,1H2,2-4H3. The molecule has 0 N–H and O–H groups in total. The molecule has 0 aromatic rings. The molecule has 0 atom stereocenters. The lowest BCUT2D eigenvalue weighted by Crippen LogP contribution is -2.40. The summed E-state index contributed by atoms with van der Waals surface area (Å²) >= 11 is 0. The summed E-state index contributed by atoms with van der Waals surface area (Å²) in [7, 11) is 2.16. The van der Waals surface area contributed by atoms with Crippen molar-refractivity contribution < 1.29 is 13.3 Å². The van der Waals surface area contributed by atoms with Crippen LogP contribution < -0.4 is 0 Å². The average Bonchev–Trinajstić information content (AvgIpc) is 2.29. The topological polar surface area (TPSA) is 27.7 Å². The molecule has 0 radical (unpaired) electrons. The maximum absolute atomic E-state index is 5.20. The fourth-order valence-electron chi connectivity index (χ4n) is 0.899. The van der Waals surface area contributed by atoms with Gasteiger partial charge in [-0.1, -0.05) is 43.0 Å². The highest BCUT2D eigenvalue weighted by Crippen LogP contribution is 2.07. The summed E-state index contributed by atoms with van der Waals surface area (Å²) < 4.78 is 15.6. The zero-order chi connectivity index (χ0) is 11.6. The zero-order valence-corrected chi connectivity index (χ0v) is 10.5. The molecule has 0 saturated heterocycles. The third-order valence-electron chi connectivity index (χ3n) is 1.73.